The van der Waals surface area contributed by atoms with Crippen molar-refractivity contribution < 1.29 is 13.2 Å². The van der Waals surface area contributed by atoms with Crippen molar-refractivity contribution in [1.82, 2.24) is 19.9 Å². The predicted octanol–water partition coefficient (Wildman–Crippen LogP) is 4.17. The number of alkyl halides is 3. The molecule has 2 atom stereocenters. The van der Waals surface area contributed by atoms with Crippen LogP contribution in [-0.2, 0) is 6.18 Å². The highest BCUT2D eigenvalue weighted by Gasteiger charge is 2.34. The molecule has 142 valence electrons. The molecular weight excluding hydrogens is 375 g/mol. The Morgan fingerprint density at radius 3 is 2.59 bits per heavy atom. The van der Waals surface area contributed by atoms with Gasteiger partial charge in [-0.3, -0.25) is 0 Å². The number of rotatable bonds is 3. The second kappa shape index (κ2) is 6.20. The number of hydrogen-bond donors (Lipinski definition) is 2. The van der Waals surface area contributed by atoms with Gasteiger partial charge in [0.25, 0.3) is 0 Å². The van der Waals surface area contributed by atoms with Gasteiger partial charge in [-0.15, -0.1) is 16.4 Å². The summed E-state index contributed by atoms with van der Waals surface area (Å²) in [5.41, 5.74) is 1.18. The van der Waals surface area contributed by atoms with Gasteiger partial charge in [0, 0.05) is 18.1 Å². The maximum absolute atomic E-state index is 12.9. The number of piperidine rings is 1. The van der Waals surface area contributed by atoms with Crippen LogP contribution in [0.25, 0.3) is 16.2 Å². The van der Waals surface area contributed by atoms with Crippen LogP contribution in [0.15, 0.2) is 30.5 Å². The maximum atomic E-state index is 12.9. The van der Waals surface area contributed by atoms with Gasteiger partial charge in [0.05, 0.1) is 11.1 Å². The summed E-state index contributed by atoms with van der Waals surface area (Å²) in [5.74, 6) is 0.723. The molecule has 2 aliphatic heterocycles. The minimum absolute atomic E-state index is 0.360. The summed E-state index contributed by atoms with van der Waals surface area (Å²) < 4.78 is 40.3. The summed E-state index contributed by atoms with van der Waals surface area (Å²) in [7, 11) is 0. The third kappa shape index (κ3) is 3.19. The van der Waals surface area contributed by atoms with Gasteiger partial charge in [-0.1, -0.05) is 0 Å². The number of thiophene rings is 1. The molecular formula is C18H18F3N5S. The quantitative estimate of drug-likeness (QED) is 0.701. The van der Waals surface area contributed by atoms with E-state index in [1.807, 2.05) is 12.1 Å². The number of hydrogen-bond acceptors (Lipinski definition) is 5. The molecule has 5 nitrogen and oxygen atoms in total. The van der Waals surface area contributed by atoms with E-state index in [-0.39, 0.29) is 0 Å². The molecule has 2 fully saturated rings. The number of nitrogens with one attached hydrogen (secondary N) is 2. The highest BCUT2D eigenvalue weighted by atomic mass is 32.1. The Morgan fingerprint density at radius 2 is 1.89 bits per heavy atom. The number of imidazole rings is 1. The molecule has 0 aromatic carbocycles. The van der Waals surface area contributed by atoms with Gasteiger partial charge in [0.15, 0.2) is 5.65 Å². The van der Waals surface area contributed by atoms with Gasteiger partial charge >= 0.3 is 6.18 Å². The van der Waals surface area contributed by atoms with Gasteiger partial charge in [0.2, 0.25) is 0 Å². The van der Waals surface area contributed by atoms with Crippen molar-refractivity contribution in [2.24, 2.45) is 0 Å². The van der Waals surface area contributed by atoms with Gasteiger partial charge in [-0.2, -0.15) is 13.2 Å². The van der Waals surface area contributed by atoms with Crippen molar-refractivity contribution in [1.29, 1.82) is 0 Å². The molecule has 27 heavy (non-hydrogen) atoms. The Kier molecular flexibility index (Phi) is 3.90. The molecule has 5 rings (SSSR count). The zero-order valence-electron chi connectivity index (χ0n) is 14.3. The summed E-state index contributed by atoms with van der Waals surface area (Å²) in [6.45, 7) is 0. The largest absolute Gasteiger partial charge is 0.425 e. The summed E-state index contributed by atoms with van der Waals surface area (Å²) in [6, 6.07) is 7.80. The minimum atomic E-state index is -4.34. The Bertz CT molecular complexity index is 967. The van der Waals surface area contributed by atoms with E-state index in [1.165, 1.54) is 18.9 Å². The standard InChI is InChI=1S/C18H18F3N5S/c19-18(20,21)15-4-3-14(27-15)13-9-22-17-6-5-16(25-26(13)17)24-12-7-10-1-2-11(8-12)23-10/h3-6,9-12,23H,1-2,7-8H2,(H,24,25). The lowest BCUT2D eigenvalue weighted by atomic mass is 10.00. The van der Waals surface area contributed by atoms with Crippen LogP contribution in [0.1, 0.15) is 30.6 Å². The number of anilines is 1. The van der Waals surface area contributed by atoms with E-state index in [9.17, 15) is 13.2 Å². The third-order valence-electron chi connectivity index (χ3n) is 5.33. The number of fused-ring (bicyclic) bond motifs is 3. The zero-order valence-corrected chi connectivity index (χ0v) is 15.1. The number of aromatic nitrogens is 3. The first-order valence-electron chi connectivity index (χ1n) is 9.00. The summed E-state index contributed by atoms with van der Waals surface area (Å²) in [5, 5.41) is 11.7. The van der Waals surface area contributed by atoms with Crippen molar-refractivity contribution in [2.75, 3.05) is 5.32 Å². The Hall–Kier alpha value is -2.13. The van der Waals surface area contributed by atoms with Gasteiger partial charge in [-0.25, -0.2) is 9.50 Å². The summed E-state index contributed by atoms with van der Waals surface area (Å²) >= 11 is 0.708. The highest BCUT2D eigenvalue weighted by molar-refractivity contribution is 7.15. The van der Waals surface area contributed by atoms with Crippen molar-refractivity contribution in [3.05, 3.63) is 35.3 Å². The number of halogens is 3. The van der Waals surface area contributed by atoms with Crippen LogP contribution >= 0.6 is 11.3 Å². The van der Waals surface area contributed by atoms with Gasteiger partial charge in [-0.05, 0) is 49.9 Å². The van der Waals surface area contributed by atoms with Crippen LogP contribution < -0.4 is 10.6 Å². The zero-order chi connectivity index (χ0) is 18.6. The molecule has 2 bridgehead atoms. The minimum Gasteiger partial charge on any atom is -0.366 e. The molecule has 0 amide bonds. The van der Waals surface area contributed by atoms with Crippen molar-refractivity contribution in [2.45, 2.75) is 50.0 Å². The Balaban J connectivity index is 1.43. The molecule has 2 saturated heterocycles. The monoisotopic (exact) mass is 393 g/mol. The van der Waals surface area contributed by atoms with Crippen molar-refractivity contribution >= 4 is 22.8 Å². The molecule has 2 unspecified atom stereocenters. The highest BCUT2D eigenvalue weighted by Crippen LogP contribution is 2.38. The van der Waals surface area contributed by atoms with Crippen molar-refractivity contribution in [3.63, 3.8) is 0 Å². The lowest BCUT2D eigenvalue weighted by Crippen LogP contribution is -2.43. The normalized spacial score (nSPS) is 25.2. The third-order valence-corrected chi connectivity index (χ3v) is 6.48. The molecule has 0 aliphatic carbocycles. The van der Waals surface area contributed by atoms with Gasteiger partial charge < -0.3 is 10.6 Å². The van der Waals surface area contributed by atoms with E-state index in [1.54, 1.807) is 10.7 Å². The second-order valence-electron chi connectivity index (χ2n) is 7.24. The first-order chi connectivity index (χ1) is 13.0. The molecule has 0 radical (unpaired) electrons. The molecule has 0 saturated carbocycles. The Labute approximate surface area is 157 Å². The molecule has 3 aromatic heterocycles. The molecule has 0 spiro atoms. The van der Waals surface area contributed by atoms with Crippen molar-refractivity contribution in [3.8, 4) is 10.6 Å². The van der Waals surface area contributed by atoms with Crippen LogP contribution in [0.4, 0.5) is 19.0 Å². The fourth-order valence-electron chi connectivity index (χ4n) is 4.13. The van der Waals surface area contributed by atoms with Crippen LogP contribution in [0, 0.1) is 0 Å². The Morgan fingerprint density at radius 1 is 1.11 bits per heavy atom. The molecule has 3 aromatic rings. The van der Waals surface area contributed by atoms with Crippen LogP contribution in [0.5, 0.6) is 0 Å². The van der Waals surface area contributed by atoms with E-state index in [4.69, 9.17) is 0 Å². The lowest BCUT2D eigenvalue weighted by Gasteiger charge is -2.30. The molecule has 2 aliphatic rings. The van der Waals surface area contributed by atoms with Gasteiger partial charge in [0.1, 0.15) is 16.4 Å². The second-order valence-corrected chi connectivity index (χ2v) is 8.33. The maximum Gasteiger partial charge on any atom is 0.425 e. The predicted molar refractivity (Wildman–Crippen MR) is 97.9 cm³/mol. The fourth-order valence-corrected chi connectivity index (χ4v) is 5.00. The van der Waals surface area contributed by atoms with E-state index in [0.717, 1.165) is 24.7 Å². The van der Waals surface area contributed by atoms with E-state index in [2.05, 4.69) is 20.7 Å². The molecule has 5 heterocycles. The van der Waals surface area contributed by atoms with E-state index < -0.39 is 11.1 Å². The first-order valence-corrected chi connectivity index (χ1v) is 9.82. The first kappa shape index (κ1) is 17.0. The average Bonchev–Trinajstić information content (AvgIpc) is 3.32. The fraction of sp³-hybridized carbons (Fsp3) is 0.444. The summed E-state index contributed by atoms with van der Waals surface area (Å²) in [4.78, 5) is 4.16. The van der Waals surface area contributed by atoms with E-state index in [0.29, 0.717) is 45.7 Å². The smallest absolute Gasteiger partial charge is 0.366 e. The average molecular weight is 393 g/mol. The molecule has 2 N–H and O–H groups in total. The summed E-state index contributed by atoms with van der Waals surface area (Å²) in [6.07, 6.45) is 1.81. The topological polar surface area (TPSA) is 54.2 Å². The number of nitrogens with zero attached hydrogens (tertiary/aromatic N) is 3. The van der Waals surface area contributed by atoms with E-state index >= 15 is 0 Å². The SMILES string of the molecule is FC(F)(F)c1ccc(-c2cnc3ccc(NC4CC5CCC(C4)N5)nn23)s1. The van der Waals surface area contributed by atoms with Crippen LogP contribution in [-0.4, -0.2) is 32.7 Å². The molecule has 9 heteroatoms. The van der Waals surface area contributed by atoms with Crippen LogP contribution in [0.2, 0.25) is 0 Å². The van der Waals surface area contributed by atoms with Crippen LogP contribution in [0.3, 0.4) is 0 Å². The lowest BCUT2D eigenvalue weighted by molar-refractivity contribution is -0.134.